The average molecular weight is 263 g/mol. The zero-order chi connectivity index (χ0) is 13.4. The smallest absolute Gasteiger partial charge is 0.240 e. The molecule has 1 amide bonds. The van der Waals surface area contributed by atoms with E-state index in [-0.39, 0.29) is 11.9 Å². The highest BCUT2D eigenvalue weighted by Crippen LogP contribution is 2.24. The highest BCUT2D eigenvalue weighted by Gasteiger charge is 2.33. The Morgan fingerprint density at radius 2 is 2.16 bits per heavy atom. The Morgan fingerprint density at radius 3 is 2.79 bits per heavy atom. The van der Waals surface area contributed by atoms with Crippen LogP contribution in [0.2, 0.25) is 0 Å². The molecule has 1 atom stereocenters. The van der Waals surface area contributed by atoms with E-state index in [4.69, 9.17) is 4.52 Å². The molecule has 104 valence electrons. The quantitative estimate of drug-likeness (QED) is 0.895. The molecular formula is C14H21N3O2. The lowest BCUT2D eigenvalue weighted by Gasteiger charge is -2.32. The fourth-order valence-corrected chi connectivity index (χ4v) is 2.70. The molecule has 1 aliphatic carbocycles. The zero-order valence-corrected chi connectivity index (χ0v) is 11.6. The molecule has 1 saturated heterocycles. The summed E-state index contributed by atoms with van der Waals surface area (Å²) in [6, 6.07) is 0.592. The van der Waals surface area contributed by atoms with Gasteiger partial charge in [0.2, 0.25) is 5.91 Å². The lowest BCUT2D eigenvalue weighted by Crippen LogP contribution is -2.50. The van der Waals surface area contributed by atoms with Gasteiger partial charge in [0, 0.05) is 18.2 Å². The van der Waals surface area contributed by atoms with E-state index in [0.717, 1.165) is 36.4 Å². The Hall–Kier alpha value is -1.36. The fourth-order valence-electron chi connectivity index (χ4n) is 2.70. The van der Waals surface area contributed by atoms with Crippen LogP contribution in [0.4, 0.5) is 0 Å². The van der Waals surface area contributed by atoms with Gasteiger partial charge in [0.05, 0.1) is 18.3 Å². The molecule has 0 spiro atoms. The molecule has 1 aromatic rings. The first-order chi connectivity index (χ1) is 9.15. The molecule has 19 heavy (non-hydrogen) atoms. The lowest BCUT2D eigenvalue weighted by atomic mass is 10.0. The van der Waals surface area contributed by atoms with Crippen LogP contribution < -0.4 is 5.32 Å². The van der Waals surface area contributed by atoms with Crippen molar-refractivity contribution in [1.29, 1.82) is 0 Å². The van der Waals surface area contributed by atoms with Crippen molar-refractivity contribution in [1.82, 2.24) is 15.4 Å². The summed E-state index contributed by atoms with van der Waals surface area (Å²) in [4.78, 5) is 14.4. The molecule has 2 aliphatic rings. The van der Waals surface area contributed by atoms with Crippen LogP contribution in [0.25, 0.3) is 0 Å². The molecule has 3 rings (SSSR count). The molecule has 1 unspecified atom stereocenters. The first kappa shape index (κ1) is 12.7. The third kappa shape index (κ3) is 2.66. The average Bonchev–Trinajstić information content (AvgIpc) is 3.15. The number of rotatable bonds is 4. The standard InChI is InChI=1S/C14H21N3O2/c1-9-12(10(2)19-16-9)8-17-7-3-4-13(14(17)18)15-11-5-6-11/h11,13,15H,3-8H2,1-2H3. The van der Waals surface area contributed by atoms with Gasteiger partial charge >= 0.3 is 0 Å². The van der Waals surface area contributed by atoms with Crippen LogP contribution in [0.5, 0.6) is 0 Å². The van der Waals surface area contributed by atoms with Gasteiger partial charge in [-0.05, 0) is 39.5 Å². The summed E-state index contributed by atoms with van der Waals surface area (Å²) in [6.07, 6.45) is 4.47. The molecule has 0 radical (unpaired) electrons. The van der Waals surface area contributed by atoms with Gasteiger partial charge in [0.25, 0.3) is 0 Å². The second-order valence-corrected chi connectivity index (χ2v) is 5.70. The summed E-state index contributed by atoms with van der Waals surface area (Å²) in [5.74, 6) is 1.06. The predicted molar refractivity (Wildman–Crippen MR) is 70.6 cm³/mol. The van der Waals surface area contributed by atoms with Crippen molar-refractivity contribution < 1.29 is 9.32 Å². The van der Waals surface area contributed by atoms with Crippen molar-refractivity contribution in [3.63, 3.8) is 0 Å². The Labute approximate surface area is 113 Å². The summed E-state index contributed by atoms with van der Waals surface area (Å²) in [5, 5.41) is 7.41. The van der Waals surface area contributed by atoms with Crippen molar-refractivity contribution in [3.05, 3.63) is 17.0 Å². The van der Waals surface area contributed by atoms with Gasteiger partial charge in [-0.1, -0.05) is 5.16 Å². The van der Waals surface area contributed by atoms with E-state index >= 15 is 0 Å². The fraction of sp³-hybridized carbons (Fsp3) is 0.714. The first-order valence-corrected chi connectivity index (χ1v) is 7.11. The number of nitrogens with zero attached hydrogens (tertiary/aromatic N) is 2. The molecule has 5 nitrogen and oxygen atoms in total. The number of carbonyl (C=O) groups is 1. The number of hydrogen-bond donors (Lipinski definition) is 1. The highest BCUT2D eigenvalue weighted by molar-refractivity contribution is 5.82. The third-order valence-electron chi connectivity index (χ3n) is 4.08. The maximum atomic E-state index is 12.5. The first-order valence-electron chi connectivity index (χ1n) is 7.11. The normalized spacial score (nSPS) is 24.0. The van der Waals surface area contributed by atoms with Crippen LogP contribution in [0, 0.1) is 13.8 Å². The van der Waals surface area contributed by atoms with E-state index in [1.807, 2.05) is 18.7 Å². The molecule has 2 fully saturated rings. The molecule has 5 heteroatoms. The molecule has 2 heterocycles. The number of carbonyl (C=O) groups excluding carboxylic acids is 1. The van der Waals surface area contributed by atoms with E-state index in [2.05, 4.69) is 10.5 Å². The Bertz CT molecular complexity index is 460. The van der Waals surface area contributed by atoms with Crippen molar-refractivity contribution >= 4 is 5.91 Å². The molecule has 1 N–H and O–H groups in total. The summed E-state index contributed by atoms with van der Waals surface area (Å²) < 4.78 is 5.17. The second kappa shape index (κ2) is 4.96. The van der Waals surface area contributed by atoms with Gasteiger partial charge in [-0.15, -0.1) is 0 Å². The minimum Gasteiger partial charge on any atom is -0.361 e. The molecule has 1 aromatic heterocycles. The molecule has 0 aromatic carbocycles. The lowest BCUT2D eigenvalue weighted by molar-refractivity contribution is -0.136. The monoisotopic (exact) mass is 263 g/mol. The van der Waals surface area contributed by atoms with Crippen LogP contribution >= 0.6 is 0 Å². The van der Waals surface area contributed by atoms with E-state index in [1.54, 1.807) is 0 Å². The van der Waals surface area contributed by atoms with Crippen molar-refractivity contribution in [3.8, 4) is 0 Å². The van der Waals surface area contributed by atoms with Crippen molar-refractivity contribution in [2.24, 2.45) is 0 Å². The predicted octanol–water partition coefficient (Wildman–Crippen LogP) is 1.53. The number of amides is 1. The number of hydrogen-bond acceptors (Lipinski definition) is 4. The third-order valence-corrected chi connectivity index (χ3v) is 4.08. The largest absolute Gasteiger partial charge is 0.361 e. The van der Waals surface area contributed by atoms with Crippen LogP contribution in [0.15, 0.2) is 4.52 Å². The summed E-state index contributed by atoms with van der Waals surface area (Å²) in [6.45, 7) is 5.30. The maximum Gasteiger partial charge on any atom is 0.240 e. The number of likely N-dealkylation sites (tertiary alicyclic amines) is 1. The summed E-state index contributed by atoms with van der Waals surface area (Å²) in [5.41, 5.74) is 1.95. The van der Waals surface area contributed by atoms with Gasteiger partial charge in [-0.25, -0.2) is 0 Å². The highest BCUT2D eigenvalue weighted by atomic mass is 16.5. The number of nitrogens with one attached hydrogen (secondary N) is 1. The topological polar surface area (TPSA) is 58.4 Å². The SMILES string of the molecule is Cc1noc(C)c1CN1CCCC(NC2CC2)C1=O. The van der Waals surface area contributed by atoms with Crippen LogP contribution in [-0.2, 0) is 11.3 Å². The van der Waals surface area contributed by atoms with E-state index in [0.29, 0.717) is 12.6 Å². The molecular weight excluding hydrogens is 242 g/mol. The van der Waals surface area contributed by atoms with Crippen LogP contribution in [0.3, 0.4) is 0 Å². The molecule has 0 bridgehead atoms. The number of aryl methyl sites for hydroxylation is 2. The Kier molecular flexibility index (Phi) is 3.31. The second-order valence-electron chi connectivity index (χ2n) is 5.70. The Balaban J connectivity index is 1.68. The van der Waals surface area contributed by atoms with Gasteiger partial charge in [0.1, 0.15) is 5.76 Å². The van der Waals surface area contributed by atoms with Crippen molar-refractivity contribution in [2.45, 2.75) is 58.2 Å². The summed E-state index contributed by atoms with van der Waals surface area (Å²) in [7, 11) is 0. The molecule has 1 saturated carbocycles. The number of piperidine rings is 1. The van der Waals surface area contributed by atoms with Crippen molar-refractivity contribution in [2.75, 3.05) is 6.54 Å². The van der Waals surface area contributed by atoms with E-state index < -0.39 is 0 Å². The maximum absolute atomic E-state index is 12.5. The Morgan fingerprint density at radius 1 is 1.37 bits per heavy atom. The van der Waals surface area contributed by atoms with Gasteiger partial charge in [0.15, 0.2) is 0 Å². The molecule has 1 aliphatic heterocycles. The van der Waals surface area contributed by atoms with Crippen LogP contribution in [-0.4, -0.2) is 34.6 Å². The summed E-state index contributed by atoms with van der Waals surface area (Å²) >= 11 is 0. The van der Waals surface area contributed by atoms with Gasteiger partial charge in [-0.3, -0.25) is 4.79 Å². The van der Waals surface area contributed by atoms with Crippen LogP contribution in [0.1, 0.15) is 42.7 Å². The van der Waals surface area contributed by atoms with Gasteiger partial charge < -0.3 is 14.7 Å². The zero-order valence-electron chi connectivity index (χ0n) is 11.6. The van der Waals surface area contributed by atoms with E-state index in [1.165, 1.54) is 12.8 Å². The minimum atomic E-state index is 0.0155. The number of aromatic nitrogens is 1. The minimum absolute atomic E-state index is 0.0155. The van der Waals surface area contributed by atoms with Gasteiger partial charge in [-0.2, -0.15) is 0 Å². The van der Waals surface area contributed by atoms with E-state index in [9.17, 15) is 4.79 Å².